The van der Waals surface area contributed by atoms with Crippen LogP contribution in [0.15, 0.2) is 29.2 Å². The summed E-state index contributed by atoms with van der Waals surface area (Å²) in [6.45, 7) is 3.14. The molecule has 0 aliphatic rings. The molecule has 0 aromatic heterocycles. The summed E-state index contributed by atoms with van der Waals surface area (Å²) in [5.41, 5.74) is 0.851. The van der Waals surface area contributed by atoms with Gasteiger partial charge in [0.2, 0.25) is 0 Å². The second kappa shape index (κ2) is 6.31. The Morgan fingerprint density at radius 3 is 2.50 bits per heavy atom. The van der Waals surface area contributed by atoms with Crippen molar-refractivity contribution in [2.75, 3.05) is 5.75 Å². The van der Waals surface area contributed by atoms with E-state index in [-0.39, 0.29) is 5.75 Å². The van der Waals surface area contributed by atoms with Crippen molar-refractivity contribution in [3.05, 3.63) is 29.8 Å². The van der Waals surface area contributed by atoms with Gasteiger partial charge in [0.15, 0.2) is 9.84 Å². The van der Waals surface area contributed by atoms with Crippen molar-refractivity contribution < 1.29 is 18.6 Å². The van der Waals surface area contributed by atoms with Gasteiger partial charge in [-0.05, 0) is 37.5 Å². The molecule has 2 unspecified atom stereocenters. The molecule has 0 saturated carbocycles. The van der Waals surface area contributed by atoms with Crippen molar-refractivity contribution >= 4 is 9.84 Å². The molecule has 1 rings (SSSR count). The number of hydrogen-bond donors (Lipinski definition) is 2. The van der Waals surface area contributed by atoms with Gasteiger partial charge in [0.1, 0.15) is 0 Å². The van der Waals surface area contributed by atoms with Crippen LogP contribution in [0.4, 0.5) is 0 Å². The summed E-state index contributed by atoms with van der Waals surface area (Å²) in [6, 6.07) is 6.73. The van der Waals surface area contributed by atoms with E-state index in [1.54, 1.807) is 25.1 Å². The number of aliphatic hydroxyl groups excluding tert-OH is 2. The summed E-state index contributed by atoms with van der Waals surface area (Å²) < 4.78 is 23.4. The number of hydrogen-bond acceptors (Lipinski definition) is 4. The predicted molar refractivity (Wildman–Crippen MR) is 70.2 cm³/mol. The highest BCUT2D eigenvalue weighted by Crippen LogP contribution is 2.15. The van der Waals surface area contributed by atoms with Gasteiger partial charge in [0, 0.05) is 0 Å². The predicted octanol–water partition coefficient (Wildman–Crippen LogP) is 1.15. The van der Waals surface area contributed by atoms with Crippen LogP contribution in [-0.4, -0.2) is 36.6 Å². The minimum absolute atomic E-state index is 0.0761. The maximum absolute atomic E-state index is 11.7. The molecule has 2 N–H and O–H groups in total. The highest BCUT2D eigenvalue weighted by molar-refractivity contribution is 7.91. The first-order chi connectivity index (χ1) is 8.36. The van der Waals surface area contributed by atoms with Crippen LogP contribution in [0.25, 0.3) is 0 Å². The monoisotopic (exact) mass is 272 g/mol. The molecule has 0 amide bonds. The van der Waals surface area contributed by atoms with E-state index < -0.39 is 22.0 Å². The summed E-state index contributed by atoms with van der Waals surface area (Å²) >= 11 is 0. The van der Waals surface area contributed by atoms with Gasteiger partial charge < -0.3 is 10.2 Å². The number of sulfone groups is 1. The molecule has 0 aliphatic carbocycles. The molecule has 18 heavy (non-hydrogen) atoms. The largest absolute Gasteiger partial charge is 0.391 e. The van der Waals surface area contributed by atoms with E-state index in [9.17, 15) is 18.6 Å². The minimum atomic E-state index is -3.19. The van der Waals surface area contributed by atoms with Crippen molar-refractivity contribution in [3.63, 3.8) is 0 Å². The Balaban J connectivity index is 2.78. The van der Waals surface area contributed by atoms with E-state index in [2.05, 4.69) is 0 Å². The van der Waals surface area contributed by atoms with Crippen molar-refractivity contribution in [2.45, 2.75) is 43.8 Å². The fourth-order valence-electron chi connectivity index (χ4n) is 1.62. The van der Waals surface area contributed by atoms with Crippen LogP contribution in [0.5, 0.6) is 0 Å². The third-order valence-electron chi connectivity index (χ3n) is 2.92. The lowest BCUT2D eigenvalue weighted by Crippen LogP contribution is -2.22. The lowest BCUT2D eigenvalue weighted by atomic mass is 10.0. The molecule has 1 aromatic rings. The van der Waals surface area contributed by atoms with E-state index in [0.717, 1.165) is 5.56 Å². The second-order valence-corrected chi connectivity index (χ2v) is 6.68. The Kier molecular flexibility index (Phi) is 5.31. The fraction of sp³-hybridized carbons (Fsp3) is 0.538. The van der Waals surface area contributed by atoms with Crippen LogP contribution in [-0.2, 0) is 16.3 Å². The van der Waals surface area contributed by atoms with Gasteiger partial charge in [-0.3, -0.25) is 0 Å². The van der Waals surface area contributed by atoms with Crippen LogP contribution >= 0.6 is 0 Å². The average Bonchev–Trinajstić information content (AvgIpc) is 2.36. The summed E-state index contributed by atoms with van der Waals surface area (Å²) in [7, 11) is -3.19. The molecule has 0 heterocycles. The number of rotatable bonds is 6. The van der Waals surface area contributed by atoms with Gasteiger partial charge in [0.05, 0.1) is 22.9 Å². The Morgan fingerprint density at radius 2 is 1.94 bits per heavy atom. The Morgan fingerprint density at radius 1 is 1.28 bits per heavy atom. The lowest BCUT2D eigenvalue weighted by Gasteiger charge is -2.13. The van der Waals surface area contributed by atoms with E-state index in [4.69, 9.17) is 0 Å². The zero-order chi connectivity index (χ0) is 13.8. The molecule has 0 fully saturated rings. The second-order valence-electron chi connectivity index (χ2n) is 4.40. The highest BCUT2D eigenvalue weighted by Gasteiger charge is 2.13. The van der Waals surface area contributed by atoms with Crippen molar-refractivity contribution in [1.29, 1.82) is 0 Å². The van der Waals surface area contributed by atoms with Gasteiger partial charge in [-0.15, -0.1) is 0 Å². The number of aliphatic hydroxyl groups is 2. The highest BCUT2D eigenvalue weighted by atomic mass is 32.2. The molecule has 5 heteroatoms. The molecule has 0 aliphatic heterocycles. The van der Waals surface area contributed by atoms with E-state index in [1.807, 2.05) is 6.07 Å². The number of benzene rings is 1. The van der Waals surface area contributed by atoms with Crippen LogP contribution < -0.4 is 0 Å². The first-order valence-electron chi connectivity index (χ1n) is 6.04. The van der Waals surface area contributed by atoms with Gasteiger partial charge in [-0.2, -0.15) is 0 Å². The molecule has 0 saturated heterocycles. The quantitative estimate of drug-likeness (QED) is 0.815. The first-order valence-corrected chi connectivity index (χ1v) is 7.70. The molecule has 4 nitrogen and oxygen atoms in total. The first kappa shape index (κ1) is 15.1. The zero-order valence-corrected chi connectivity index (χ0v) is 11.5. The molecule has 0 spiro atoms. The molecular weight excluding hydrogens is 252 g/mol. The van der Waals surface area contributed by atoms with Crippen LogP contribution in [0, 0.1) is 0 Å². The molecule has 1 aromatic carbocycles. The van der Waals surface area contributed by atoms with Crippen LogP contribution in [0.2, 0.25) is 0 Å². The Hall–Kier alpha value is -0.910. The Labute approximate surface area is 108 Å². The van der Waals surface area contributed by atoms with Gasteiger partial charge in [0.25, 0.3) is 0 Å². The summed E-state index contributed by atoms with van der Waals surface area (Å²) in [5, 5.41) is 18.7. The van der Waals surface area contributed by atoms with E-state index >= 15 is 0 Å². The molecule has 2 atom stereocenters. The zero-order valence-electron chi connectivity index (χ0n) is 10.7. The van der Waals surface area contributed by atoms with Crippen molar-refractivity contribution in [2.24, 2.45) is 0 Å². The summed E-state index contributed by atoms with van der Waals surface area (Å²) in [4.78, 5) is 0.314. The molecular formula is C13H20O4S. The van der Waals surface area contributed by atoms with Crippen LogP contribution in [0.1, 0.15) is 25.8 Å². The standard InChI is InChI=1S/C13H20O4S/c1-3-18(16,17)12-6-4-5-11(9-12)7-8-13(15)10(2)14/h4-6,9-10,13-15H,3,7-8H2,1-2H3. The van der Waals surface area contributed by atoms with Crippen molar-refractivity contribution in [1.82, 2.24) is 0 Å². The molecule has 102 valence electrons. The van der Waals surface area contributed by atoms with Gasteiger partial charge >= 0.3 is 0 Å². The third kappa shape index (κ3) is 4.08. The van der Waals surface area contributed by atoms with E-state index in [0.29, 0.717) is 17.7 Å². The minimum Gasteiger partial charge on any atom is -0.391 e. The smallest absolute Gasteiger partial charge is 0.178 e. The average molecular weight is 272 g/mol. The topological polar surface area (TPSA) is 74.6 Å². The van der Waals surface area contributed by atoms with E-state index in [1.165, 1.54) is 6.92 Å². The fourth-order valence-corrected chi connectivity index (χ4v) is 2.57. The molecule has 0 radical (unpaired) electrons. The van der Waals surface area contributed by atoms with Crippen molar-refractivity contribution in [3.8, 4) is 0 Å². The van der Waals surface area contributed by atoms with Gasteiger partial charge in [-0.25, -0.2) is 8.42 Å². The SMILES string of the molecule is CCS(=O)(=O)c1cccc(CCC(O)C(C)O)c1. The molecule has 0 bridgehead atoms. The summed E-state index contributed by atoms with van der Waals surface area (Å²) in [6.07, 6.45) is -0.601. The third-order valence-corrected chi connectivity index (χ3v) is 4.66. The number of aryl methyl sites for hydroxylation is 1. The lowest BCUT2D eigenvalue weighted by molar-refractivity contribution is 0.0265. The Bertz CT molecular complexity index is 480. The van der Waals surface area contributed by atoms with Gasteiger partial charge in [-0.1, -0.05) is 19.1 Å². The van der Waals surface area contributed by atoms with Crippen LogP contribution in [0.3, 0.4) is 0 Å². The maximum atomic E-state index is 11.7. The summed E-state index contributed by atoms with van der Waals surface area (Å²) in [5.74, 6) is 0.0761. The normalized spacial score (nSPS) is 15.3. The maximum Gasteiger partial charge on any atom is 0.178 e.